The van der Waals surface area contributed by atoms with Crippen LogP contribution in [0.3, 0.4) is 0 Å². The maximum Gasteiger partial charge on any atom is 0.339 e. The standard InChI is InChI=1S/C24H17BrClNO3/c25-16-6-5-7-17(14-16)29-12-13-30-24(28)20-15-23(19-9-1-3-10-21(19)26)27-22-11-4-2-8-18(20)22/h1-11,14-15H,12-13H2. The van der Waals surface area contributed by atoms with Gasteiger partial charge in [0.25, 0.3) is 0 Å². The van der Waals surface area contributed by atoms with E-state index in [0.29, 0.717) is 27.5 Å². The number of para-hydroxylation sites is 1. The summed E-state index contributed by atoms with van der Waals surface area (Å²) in [6.45, 7) is 0.381. The maximum absolute atomic E-state index is 12.8. The van der Waals surface area contributed by atoms with Crippen LogP contribution in [0, 0.1) is 0 Å². The largest absolute Gasteiger partial charge is 0.490 e. The number of fused-ring (bicyclic) bond motifs is 1. The number of pyridine rings is 1. The number of aromatic nitrogens is 1. The first kappa shape index (κ1) is 20.4. The lowest BCUT2D eigenvalue weighted by atomic mass is 10.0. The molecular formula is C24H17BrClNO3. The highest BCUT2D eigenvalue weighted by Crippen LogP contribution is 2.30. The Balaban J connectivity index is 1.55. The van der Waals surface area contributed by atoms with Gasteiger partial charge in [0.05, 0.1) is 16.8 Å². The smallest absolute Gasteiger partial charge is 0.339 e. The second kappa shape index (κ2) is 9.28. The highest BCUT2D eigenvalue weighted by Gasteiger charge is 2.16. The fourth-order valence-electron chi connectivity index (χ4n) is 3.08. The number of hydrogen-bond acceptors (Lipinski definition) is 4. The molecule has 0 atom stereocenters. The molecule has 0 aliphatic carbocycles. The topological polar surface area (TPSA) is 48.4 Å². The Morgan fingerprint density at radius 3 is 2.57 bits per heavy atom. The first-order chi connectivity index (χ1) is 14.6. The summed E-state index contributed by atoms with van der Waals surface area (Å²) >= 11 is 9.74. The van der Waals surface area contributed by atoms with Crippen molar-refractivity contribution >= 4 is 44.4 Å². The molecule has 4 aromatic rings. The van der Waals surface area contributed by atoms with E-state index in [1.165, 1.54) is 0 Å². The number of nitrogens with zero attached hydrogens (tertiary/aromatic N) is 1. The zero-order valence-corrected chi connectivity index (χ0v) is 18.2. The molecule has 4 nitrogen and oxygen atoms in total. The average molecular weight is 483 g/mol. The van der Waals surface area contributed by atoms with Crippen molar-refractivity contribution in [2.24, 2.45) is 0 Å². The van der Waals surface area contributed by atoms with Gasteiger partial charge in [-0.05, 0) is 36.4 Å². The molecule has 0 saturated carbocycles. The van der Waals surface area contributed by atoms with Crippen LogP contribution in [0.2, 0.25) is 5.02 Å². The van der Waals surface area contributed by atoms with Gasteiger partial charge in [0, 0.05) is 20.4 Å². The number of carbonyl (C=O) groups excluding carboxylic acids is 1. The molecular weight excluding hydrogens is 466 g/mol. The first-order valence-corrected chi connectivity index (χ1v) is 10.5. The van der Waals surface area contributed by atoms with E-state index < -0.39 is 5.97 Å². The lowest BCUT2D eigenvalue weighted by Crippen LogP contribution is -2.13. The van der Waals surface area contributed by atoms with Gasteiger partial charge in [-0.1, -0.05) is 70.0 Å². The number of benzene rings is 3. The second-order valence-electron chi connectivity index (χ2n) is 6.49. The molecule has 0 unspecified atom stereocenters. The van der Waals surface area contributed by atoms with E-state index in [1.54, 1.807) is 12.1 Å². The second-order valence-corrected chi connectivity index (χ2v) is 7.82. The SMILES string of the molecule is O=C(OCCOc1cccc(Br)c1)c1cc(-c2ccccc2Cl)nc2ccccc12. The molecule has 0 N–H and O–H groups in total. The number of carbonyl (C=O) groups is 1. The van der Waals surface area contributed by atoms with Crippen molar-refractivity contribution in [2.45, 2.75) is 0 Å². The van der Waals surface area contributed by atoms with E-state index in [9.17, 15) is 4.79 Å². The van der Waals surface area contributed by atoms with Crippen LogP contribution in [0.15, 0.2) is 83.3 Å². The summed E-state index contributed by atoms with van der Waals surface area (Å²) in [5.74, 6) is 0.274. The van der Waals surface area contributed by atoms with Gasteiger partial charge in [-0.3, -0.25) is 0 Å². The normalized spacial score (nSPS) is 10.7. The number of hydrogen-bond donors (Lipinski definition) is 0. The van der Waals surface area contributed by atoms with Crippen molar-refractivity contribution in [3.05, 3.63) is 93.9 Å². The maximum atomic E-state index is 12.8. The summed E-state index contributed by atoms with van der Waals surface area (Å²) in [6, 6.07) is 24.1. The van der Waals surface area contributed by atoms with E-state index in [2.05, 4.69) is 20.9 Å². The van der Waals surface area contributed by atoms with Crippen molar-refractivity contribution < 1.29 is 14.3 Å². The first-order valence-electron chi connectivity index (χ1n) is 9.32. The molecule has 0 aliphatic heterocycles. The lowest BCUT2D eigenvalue weighted by molar-refractivity contribution is 0.0452. The Hall–Kier alpha value is -2.89. The molecule has 0 fully saturated rings. The molecule has 0 spiro atoms. The molecule has 0 radical (unpaired) electrons. The predicted octanol–water partition coefficient (Wildman–Crippen LogP) is 6.55. The van der Waals surface area contributed by atoms with E-state index in [1.807, 2.05) is 66.7 Å². The quantitative estimate of drug-likeness (QED) is 0.231. The van der Waals surface area contributed by atoms with Gasteiger partial charge in [0.2, 0.25) is 0 Å². The third-order valence-electron chi connectivity index (χ3n) is 4.47. The molecule has 4 rings (SSSR count). The predicted molar refractivity (Wildman–Crippen MR) is 122 cm³/mol. The van der Waals surface area contributed by atoms with Gasteiger partial charge in [-0.15, -0.1) is 0 Å². The molecule has 150 valence electrons. The fourth-order valence-corrected chi connectivity index (χ4v) is 3.69. The highest BCUT2D eigenvalue weighted by molar-refractivity contribution is 9.10. The fraction of sp³-hybridized carbons (Fsp3) is 0.0833. The molecule has 0 bridgehead atoms. The van der Waals surface area contributed by atoms with Crippen LogP contribution in [0.5, 0.6) is 5.75 Å². The lowest BCUT2D eigenvalue weighted by Gasteiger charge is -2.11. The van der Waals surface area contributed by atoms with Crippen LogP contribution in [-0.2, 0) is 4.74 Å². The number of ether oxygens (including phenoxy) is 2. The van der Waals surface area contributed by atoms with Crippen molar-refractivity contribution in [1.29, 1.82) is 0 Å². The van der Waals surface area contributed by atoms with E-state index in [-0.39, 0.29) is 13.2 Å². The molecule has 0 saturated heterocycles. The summed E-state index contributed by atoms with van der Waals surface area (Å²) in [5, 5.41) is 1.30. The van der Waals surface area contributed by atoms with Crippen LogP contribution >= 0.6 is 27.5 Å². The highest BCUT2D eigenvalue weighted by atomic mass is 79.9. The average Bonchev–Trinajstić information content (AvgIpc) is 2.76. The van der Waals surface area contributed by atoms with Gasteiger partial charge in [-0.2, -0.15) is 0 Å². The third-order valence-corrected chi connectivity index (χ3v) is 5.29. The monoisotopic (exact) mass is 481 g/mol. The van der Waals surface area contributed by atoms with Gasteiger partial charge in [0.15, 0.2) is 0 Å². The van der Waals surface area contributed by atoms with E-state index in [0.717, 1.165) is 15.4 Å². The third kappa shape index (κ3) is 4.64. The summed E-state index contributed by atoms with van der Waals surface area (Å²) < 4.78 is 12.0. The van der Waals surface area contributed by atoms with Gasteiger partial charge < -0.3 is 9.47 Å². The van der Waals surface area contributed by atoms with Crippen LogP contribution in [0.25, 0.3) is 22.2 Å². The minimum atomic E-state index is -0.431. The zero-order chi connectivity index (χ0) is 20.9. The van der Waals surface area contributed by atoms with Crippen LogP contribution in [0.1, 0.15) is 10.4 Å². The number of esters is 1. The van der Waals surface area contributed by atoms with Crippen LogP contribution in [-0.4, -0.2) is 24.2 Å². The van der Waals surface area contributed by atoms with Crippen molar-refractivity contribution in [3.8, 4) is 17.0 Å². The minimum absolute atomic E-state index is 0.128. The summed E-state index contributed by atoms with van der Waals surface area (Å²) in [5.41, 5.74) is 2.53. The van der Waals surface area contributed by atoms with Crippen LogP contribution in [0.4, 0.5) is 0 Å². The molecule has 1 aromatic heterocycles. The van der Waals surface area contributed by atoms with E-state index >= 15 is 0 Å². The summed E-state index contributed by atoms with van der Waals surface area (Å²) in [7, 11) is 0. The van der Waals surface area contributed by atoms with Crippen molar-refractivity contribution in [2.75, 3.05) is 13.2 Å². The summed E-state index contributed by atoms with van der Waals surface area (Å²) in [6.07, 6.45) is 0. The molecule has 1 heterocycles. The van der Waals surface area contributed by atoms with Crippen molar-refractivity contribution in [3.63, 3.8) is 0 Å². The van der Waals surface area contributed by atoms with Crippen LogP contribution < -0.4 is 4.74 Å². The molecule has 0 amide bonds. The molecule has 3 aromatic carbocycles. The Kier molecular flexibility index (Phi) is 6.31. The Morgan fingerprint density at radius 2 is 1.73 bits per heavy atom. The Morgan fingerprint density at radius 1 is 0.933 bits per heavy atom. The van der Waals surface area contributed by atoms with Gasteiger partial charge in [-0.25, -0.2) is 9.78 Å². The Bertz CT molecular complexity index is 1210. The molecule has 0 aliphatic rings. The van der Waals surface area contributed by atoms with Gasteiger partial charge >= 0.3 is 5.97 Å². The minimum Gasteiger partial charge on any atom is -0.490 e. The van der Waals surface area contributed by atoms with Gasteiger partial charge in [0.1, 0.15) is 19.0 Å². The Labute approximate surface area is 187 Å². The summed E-state index contributed by atoms with van der Waals surface area (Å²) in [4.78, 5) is 17.5. The molecule has 30 heavy (non-hydrogen) atoms. The number of rotatable bonds is 6. The molecule has 6 heteroatoms. The number of halogens is 2. The zero-order valence-electron chi connectivity index (χ0n) is 15.8. The van der Waals surface area contributed by atoms with Crippen molar-refractivity contribution in [1.82, 2.24) is 4.98 Å². The van der Waals surface area contributed by atoms with E-state index in [4.69, 9.17) is 21.1 Å².